The highest BCUT2D eigenvalue weighted by Crippen LogP contribution is 2.25. The van der Waals surface area contributed by atoms with Crippen LogP contribution in [-0.2, 0) is 14.8 Å². The second-order valence-corrected chi connectivity index (χ2v) is 7.84. The summed E-state index contributed by atoms with van der Waals surface area (Å²) in [6, 6.07) is 10.3. The minimum Gasteiger partial charge on any atom is -0.324 e. The van der Waals surface area contributed by atoms with Crippen molar-refractivity contribution in [3.05, 3.63) is 63.2 Å². The van der Waals surface area contributed by atoms with Gasteiger partial charge in [-0.3, -0.25) is 19.2 Å². The van der Waals surface area contributed by atoms with E-state index in [1.54, 1.807) is 0 Å². The van der Waals surface area contributed by atoms with E-state index in [4.69, 9.17) is 11.6 Å². The molecule has 0 unspecified atom stereocenters. The van der Waals surface area contributed by atoms with Gasteiger partial charge in [-0.25, -0.2) is 8.42 Å². The van der Waals surface area contributed by atoms with Gasteiger partial charge < -0.3 is 5.32 Å². The van der Waals surface area contributed by atoms with Crippen molar-refractivity contribution in [2.75, 3.05) is 22.4 Å². The fraction of sp³-hybridized carbons (Fsp3) is 0.188. The zero-order valence-electron chi connectivity index (χ0n) is 14.0. The van der Waals surface area contributed by atoms with Gasteiger partial charge in [0.05, 0.1) is 28.1 Å². The lowest BCUT2D eigenvalue weighted by Crippen LogP contribution is -2.37. The van der Waals surface area contributed by atoms with Crippen molar-refractivity contribution >= 4 is 44.6 Å². The molecule has 138 valence electrons. The van der Waals surface area contributed by atoms with Gasteiger partial charge in [-0.2, -0.15) is 0 Å². The summed E-state index contributed by atoms with van der Waals surface area (Å²) in [5.41, 5.74) is 0.667. The Balaban J connectivity index is 2.25. The summed E-state index contributed by atoms with van der Waals surface area (Å²) in [7, 11) is -3.73. The van der Waals surface area contributed by atoms with E-state index in [-0.39, 0.29) is 22.6 Å². The largest absolute Gasteiger partial charge is 0.324 e. The number of amides is 1. The van der Waals surface area contributed by atoms with Gasteiger partial charge in [0.1, 0.15) is 6.54 Å². The van der Waals surface area contributed by atoms with E-state index in [1.807, 2.05) is 0 Å². The predicted molar refractivity (Wildman–Crippen MR) is 100 cm³/mol. The molecule has 0 saturated carbocycles. The normalized spacial score (nSPS) is 11.0. The fourth-order valence-corrected chi connectivity index (χ4v) is 3.27. The third-order valence-electron chi connectivity index (χ3n) is 3.58. The number of carbonyl (C=O) groups excluding carboxylic acids is 1. The molecule has 0 aromatic heterocycles. The quantitative estimate of drug-likeness (QED) is 0.595. The predicted octanol–water partition coefficient (Wildman–Crippen LogP) is 2.96. The van der Waals surface area contributed by atoms with Crippen LogP contribution in [0.5, 0.6) is 0 Å². The van der Waals surface area contributed by atoms with Crippen molar-refractivity contribution in [1.82, 2.24) is 0 Å². The smallest absolute Gasteiger partial charge is 0.274 e. The topological polar surface area (TPSA) is 110 Å². The number of nitrogens with zero attached hydrogens (tertiary/aromatic N) is 2. The van der Waals surface area contributed by atoms with E-state index in [2.05, 4.69) is 5.32 Å². The zero-order chi connectivity index (χ0) is 19.5. The minimum absolute atomic E-state index is 0.138. The molecule has 2 aromatic rings. The van der Waals surface area contributed by atoms with Gasteiger partial charge in [0, 0.05) is 11.1 Å². The molecule has 8 nitrogen and oxygen atoms in total. The number of nitro benzene ring substituents is 1. The second kappa shape index (κ2) is 7.71. The highest BCUT2D eigenvalue weighted by Gasteiger charge is 2.22. The molecule has 0 radical (unpaired) electrons. The van der Waals surface area contributed by atoms with E-state index in [1.165, 1.54) is 49.4 Å². The highest BCUT2D eigenvalue weighted by molar-refractivity contribution is 7.92. The van der Waals surface area contributed by atoms with Gasteiger partial charge in [0.25, 0.3) is 5.69 Å². The Morgan fingerprint density at radius 1 is 1.23 bits per heavy atom. The lowest BCUT2D eigenvalue weighted by Gasteiger charge is -2.22. The molecule has 1 amide bonds. The molecular formula is C16H16ClN3O5S. The van der Waals surface area contributed by atoms with Gasteiger partial charge >= 0.3 is 0 Å². The van der Waals surface area contributed by atoms with Gasteiger partial charge in [-0.1, -0.05) is 17.7 Å². The summed E-state index contributed by atoms with van der Waals surface area (Å²) >= 11 is 5.80. The first-order valence-electron chi connectivity index (χ1n) is 7.36. The fourth-order valence-electron chi connectivity index (χ4n) is 2.28. The van der Waals surface area contributed by atoms with Crippen molar-refractivity contribution in [3.63, 3.8) is 0 Å². The second-order valence-electron chi connectivity index (χ2n) is 5.50. The number of carbonyl (C=O) groups is 1. The first kappa shape index (κ1) is 19.7. The number of hydrogen-bond acceptors (Lipinski definition) is 5. The molecule has 10 heteroatoms. The maximum absolute atomic E-state index is 12.3. The van der Waals surface area contributed by atoms with Crippen LogP contribution < -0.4 is 9.62 Å². The molecule has 2 rings (SSSR count). The van der Waals surface area contributed by atoms with Crippen LogP contribution in [0.25, 0.3) is 0 Å². The van der Waals surface area contributed by atoms with Crippen molar-refractivity contribution in [2.24, 2.45) is 0 Å². The average molecular weight is 398 g/mol. The average Bonchev–Trinajstić information content (AvgIpc) is 2.54. The van der Waals surface area contributed by atoms with Crippen molar-refractivity contribution in [2.45, 2.75) is 6.92 Å². The molecule has 2 aromatic carbocycles. The molecule has 0 spiro atoms. The summed E-state index contributed by atoms with van der Waals surface area (Å²) in [6.07, 6.45) is 0.980. The maximum Gasteiger partial charge on any atom is 0.274 e. The Hall–Kier alpha value is -2.65. The van der Waals surface area contributed by atoms with Crippen LogP contribution in [0.1, 0.15) is 5.56 Å². The number of benzene rings is 2. The summed E-state index contributed by atoms with van der Waals surface area (Å²) in [4.78, 5) is 22.8. The molecule has 0 saturated heterocycles. The van der Waals surface area contributed by atoms with Crippen molar-refractivity contribution in [1.29, 1.82) is 0 Å². The number of sulfonamides is 1. The van der Waals surface area contributed by atoms with Gasteiger partial charge in [-0.05, 0) is 37.3 Å². The number of halogens is 1. The van der Waals surface area contributed by atoms with E-state index < -0.39 is 27.4 Å². The Labute approximate surface area is 155 Å². The maximum atomic E-state index is 12.3. The molecule has 0 aliphatic rings. The van der Waals surface area contributed by atoms with Gasteiger partial charge in [-0.15, -0.1) is 0 Å². The molecular weight excluding hydrogens is 382 g/mol. The van der Waals surface area contributed by atoms with E-state index in [9.17, 15) is 23.3 Å². The summed E-state index contributed by atoms with van der Waals surface area (Å²) < 4.78 is 25.0. The zero-order valence-corrected chi connectivity index (χ0v) is 15.5. The standard InChI is InChI=1S/C16H16ClN3O5S/c1-11-14(4-3-5-15(11)20(22)23)18-16(21)10-19(26(2,24)25)13-8-6-12(17)7-9-13/h3-9H,10H2,1-2H3,(H,18,21). The van der Waals surface area contributed by atoms with E-state index in [0.717, 1.165) is 10.6 Å². The summed E-state index contributed by atoms with van der Waals surface area (Å²) in [5, 5.41) is 13.9. The Kier molecular flexibility index (Phi) is 5.83. The molecule has 0 atom stereocenters. The molecule has 0 fully saturated rings. The van der Waals surface area contributed by atoms with Crippen molar-refractivity contribution in [3.8, 4) is 0 Å². The number of rotatable bonds is 6. The third kappa shape index (κ3) is 4.70. The monoisotopic (exact) mass is 397 g/mol. The Morgan fingerprint density at radius 3 is 2.38 bits per heavy atom. The number of nitrogens with one attached hydrogen (secondary N) is 1. The molecule has 1 N–H and O–H groups in total. The van der Waals surface area contributed by atoms with Gasteiger partial charge in [0.2, 0.25) is 15.9 Å². The van der Waals surface area contributed by atoms with Crippen molar-refractivity contribution < 1.29 is 18.1 Å². The first-order chi connectivity index (χ1) is 12.1. The molecule has 0 aliphatic carbocycles. The third-order valence-corrected chi connectivity index (χ3v) is 4.97. The Bertz CT molecular complexity index is 945. The minimum atomic E-state index is -3.73. The van der Waals surface area contributed by atoms with E-state index >= 15 is 0 Å². The Morgan fingerprint density at radius 2 is 1.85 bits per heavy atom. The summed E-state index contributed by atoms with van der Waals surface area (Å²) in [5.74, 6) is -0.631. The van der Waals surface area contributed by atoms with Gasteiger partial charge in [0.15, 0.2) is 0 Å². The van der Waals surface area contributed by atoms with Crippen LogP contribution >= 0.6 is 11.6 Å². The lowest BCUT2D eigenvalue weighted by atomic mass is 10.1. The molecule has 26 heavy (non-hydrogen) atoms. The SMILES string of the molecule is Cc1c(NC(=O)CN(c2ccc(Cl)cc2)S(C)(=O)=O)cccc1[N+](=O)[O-]. The lowest BCUT2D eigenvalue weighted by molar-refractivity contribution is -0.385. The van der Waals surface area contributed by atoms with Crippen LogP contribution in [0.2, 0.25) is 5.02 Å². The molecule has 0 bridgehead atoms. The highest BCUT2D eigenvalue weighted by atomic mass is 35.5. The first-order valence-corrected chi connectivity index (χ1v) is 9.59. The van der Waals surface area contributed by atoms with Crippen LogP contribution in [0.4, 0.5) is 17.1 Å². The van der Waals surface area contributed by atoms with E-state index in [0.29, 0.717) is 5.02 Å². The number of anilines is 2. The van der Waals surface area contributed by atoms with Crippen LogP contribution in [0, 0.1) is 17.0 Å². The molecule has 0 heterocycles. The molecule has 0 aliphatic heterocycles. The number of hydrogen-bond donors (Lipinski definition) is 1. The van der Waals surface area contributed by atoms with Crippen LogP contribution in [-0.4, -0.2) is 32.0 Å². The van der Waals surface area contributed by atoms with Crippen LogP contribution in [0.15, 0.2) is 42.5 Å². The van der Waals surface area contributed by atoms with Crippen LogP contribution in [0.3, 0.4) is 0 Å². The summed E-state index contributed by atoms with van der Waals surface area (Å²) in [6.45, 7) is 1.02. The number of nitro groups is 1.